The smallest absolute Gasteiger partial charge is 0.324 e. The first-order valence-corrected chi connectivity index (χ1v) is 9.17. The molecular formula is C19H22N4O4. The SMILES string of the molecule is COCCN1C(=O)NC2CC(c3nc(-c4ccccc4)no3)CCC2C1=O. The fourth-order valence-corrected chi connectivity index (χ4v) is 3.89. The molecule has 0 bridgehead atoms. The van der Waals surface area contributed by atoms with Crippen molar-refractivity contribution in [2.45, 2.75) is 31.2 Å². The molecule has 3 amide bonds. The molecule has 4 rings (SSSR count). The molecule has 8 nitrogen and oxygen atoms in total. The molecule has 8 heteroatoms. The maximum atomic E-state index is 12.7. The first-order chi connectivity index (χ1) is 13.2. The Bertz CT molecular complexity index is 822. The lowest BCUT2D eigenvalue weighted by Gasteiger charge is -2.41. The van der Waals surface area contributed by atoms with E-state index in [9.17, 15) is 9.59 Å². The van der Waals surface area contributed by atoms with Gasteiger partial charge in [0.15, 0.2) is 0 Å². The van der Waals surface area contributed by atoms with Gasteiger partial charge in [-0.3, -0.25) is 9.69 Å². The number of hydrogen-bond donors (Lipinski definition) is 1. The van der Waals surface area contributed by atoms with Crippen molar-refractivity contribution in [3.05, 3.63) is 36.2 Å². The Kier molecular flexibility index (Phi) is 4.89. The molecule has 2 aromatic rings. The van der Waals surface area contributed by atoms with Gasteiger partial charge in [0.1, 0.15) is 0 Å². The fourth-order valence-electron chi connectivity index (χ4n) is 3.89. The number of hydrogen-bond acceptors (Lipinski definition) is 6. The number of carbonyl (C=O) groups excluding carboxylic acids is 2. The maximum Gasteiger partial charge on any atom is 0.324 e. The predicted octanol–water partition coefficient (Wildman–Crippen LogP) is 2.19. The van der Waals surface area contributed by atoms with Gasteiger partial charge in [-0.2, -0.15) is 4.98 Å². The van der Waals surface area contributed by atoms with Gasteiger partial charge >= 0.3 is 6.03 Å². The molecule has 1 saturated carbocycles. The van der Waals surface area contributed by atoms with E-state index in [0.29, 0.717) is 31.2 Å². The number of benzene rings is 1. The van der Waals surface area contributed by atoms with Crippen molar-refractivity contribution in [1.82, 2.24) is 20.4 Å². The summed E-state index contributed by atoms with van der Waals surface area (Å²) in [6.45, 7) is 0.612. The third-order valence-electron chi connectivity index (χ3n) is 5.33. The molecule has 1 aromatic carbocycles. The molecule has 1 aromatic heterocycles. The van der Waals surface area contributed by atoms with Crippen LogP contribution in [-0.4, -0.2) is 53.3 Å². The first-order valence-electron chi connectivity index (χ1n) is 9.17. The summed E-state index contributed by atoms with van der Waals surface area (Å²) in [7, 11) is 1.55. The van der Waals surface area contributed by atoms with Gasteiger partial charge in [-0.1, -0.05) is 35.5 Å². The van der Waals surface area contributed by atoms with E-state index in [0.717, 1.165) is 12.0 Å². The van der Waals surface area contributed by atoms with Gasteiger partial charge < -0.3 is 14.6 Å². The van der Waals surface area contributed by atoms with E-state index in [4.69, 9.17) is 9.26 Å². The van der Waals surface area contributed by atoms with Crippen LogP contribution in [0.15, 0.2) is 34.9 Å². The highest BCUT2D eigenvalue weighted by Crippen LogP contribution is 2.38. The normalized spacial score (nSPS) is 25.2. The number of carbonyl (C=O) groups is 2. The standard InChI is InChI=1S/C19H22N4O4/c1-26-10-9-23-18(24)14-8-7-13(11-15(14)20-19(23)25)17-21-16(22-27-17)12-5-3-2-4-6-12/h2-6,13-15H,7-11H2,1H3,(H,20,25). The number of nitrogens with zero attached hydrogens (tertiary/aromatic N) is 3. The van der Waals surface area contributed by atoms with Crippen LogP contribution in [0.4, 0.5) is 4.79 Å². The van der Waals surface area contributed by atoms with Crippen molar-refractivity contribution in [3.8, 4) is 11.4 Å². The zero-order chi connectivity index (χ0) is 18.8. The minimum Gasteiger partial charge on any atom is -0.383 e. The minimum absolute atomic E-state index is 0.0369. The zero-order valence-electron chi connectivity index (χ0n) is 15.1. The topological polar surface area (TPSA) is 97.6 Å². The molecule has 1 N–H and O–H groups in total. The summed E-state index contributed by atoms with van der Waals surface area (Å²) in [6, 6.07) is 9.10. The molecule has 0 spiro atoms. The number of imide groups is 1. The van der Waals surface area contributed by atoms with Crippen LogP contribution in [0.25, 0.3) is 11.4 Å². The molecule has 2 heterocycles. The van der Waals surface area contributed by atoms with E-state index in [1.54, 1.807) is 7.11 Å². The molecule has 2 fully saturated rings. The highest BCUT2D eigenvalue weighted by atomic mass is 16.5. The Morgan fingerprint density at radius 3 is 2.85 bits per heavy atom. The Balaban J connectivity index is 1.46. The van der Waals surface area contributed by atoms with Gasteiger partial charge in [0.2, 0.25) is 17.6 Å². The van der Waals surface area contributed by atoms with E-state index in [1.807, 2.05) is 30.3 Å². The van der Waals surface area contributed by atoms with Gasteiger partial charge in [0, 0.05) is 24.6 Å². The second-order valence-electron chi connectivity index (χ2n) is 6.98. The van der Waals surface area contributed by atoms with Crippen molar-refractivity contribution in [1.29, 1.82) is 0 Å². The van der Waals surface area contributed by atoms with Crippen LogP contribution >= 0.6 is 0 Å². The molecule has 1 aliphatic heterocycles. The number of amides is 3. The van der Waals surface area contributed by atoms with Crippen molar-refractivity contribution in [2.75, 3.05) is 20.3 Å². The highest BCUT2D eigenvalue weighted by molar-refractivity contribution is 5.98. The molecule has 0 radical (unpaired) electrons. The quantitative estimate of drug-likeness (QED) is 0.866. The number of aromatic nitrogens is 2. The van der Waals surface area contributed by atoms with Crippen molar-refractivity contribution in [3.63, 3.8) is 0 Å². The molecule has 1 aliphatic carbocycles. The van der Waals surface area contributed by atoms with E-state index < -0.39 is 0 Å². The van der Waals surface area contributed by atoms with E-state index in [2.05, 4.69) is 15.5 Å². The number of ether oxygens (including phenoxy) is 1. The van der Waals surface area contributed by atoms with Crippen LogP contribution in [0.3, 0.4) is 0 Å². The van der Waals surface area contributed by atoms with E-state index >= 15 is 0 Å². The Morgan fingerprint density at radius 2 is 2.07 bits per heavy atom. The van der Waals surface area contributed by atoms with Gasteiger partial charge in [0.25, 0.3) is 0 Å². The minimum atomic E-state index is -0.352. The molecule has 3 atom stereocenters. The van der Waals surface area contributed by atoms with Gasteiger partial charge in [-0.25, -0.2) is 4.79 Å². The summed E-state index contributed by atoms with van der Waals surface area (Å²) in [5.41, 5.74) is 0.899. The van der Waals surface area contributed by atoms with Crippen LogP contribution in [0.5, 0.6) is 0 Å². The Hall–Kier alpha value is -2.74. The second kappa shape index (κ2) is 7.48. The first kappa shape index (κ1) is 17.7. The van der Waals surface area contributed by atoms with Crippen molar-refractivity contribution in [2.24, 2.45) is 5.92 Å². The van der Waals surface area contributed by atoms with Gasteiger partial charge in [0.05, 0.1) is 19.1 Å². The fraction of sp³-hybridized carbons (Fsp3) is 0.474. The molecule has 27 heavy (non-hydrogen) atoms. The summed E-state index contributed by atoms with van der Waals surface area (Å²) >= 11 is 0. The summed E-state index contributed by atoms with van der Waals surface area (Å²) in [6.07, 6.45) is 2.08. The summed E-state index contributed by atoms with van der Waals surface area (Å²) in [4.78, 5) is 30.7. The monoisotopic (exact) mass is 370 g/mol. The number of urea groups is 1. The van der Waals surface area contributed by atoms with E-state index in [-0.39, 0.29) is 36.4 Å². The molecule has 142 valence electrons. The lowest BCUT2D eigenvalue weighted by molar-refractivity contribution is -0.137. The van der Waals surface area contributed by atoms with Crippen molar-refractivity contribution >= 4 is 11.9 Å². The second-order valence-corrected chi connectivity index (χ2v) is 6.98. The maximum absolute atomic E-state index is 12.7. The number of methoxy groups -OCH3 is 1. The van der Waals surface area contributed by atoms with Crippen LogP contribution in [0.1, 0.15) is 31.1 Å². The van der Waals surface area contributed by atoms with Crippen molar-refractivity contribution < 1.29 is 18.8 Å². The lowest BCUT2D eigenvalue weighted by Crippen LogP contribution is -2.61. The number of fused-ring (bicyclic) bond motifs is 1. The zero-order valence-corrected chi connectivity index (χ0v) is 15.1. The Morgan fingerprint density at radius 1 is 1.26 bits per heavy atom. The third-order valence-corrected chi connectivity index (χ3v) is 5.33. The summed E-state index contributed by atoms with van der Waals surface area (Å²) in [5.74, 6) is 0.843. The molecule has 1 saturated heterocycles. The average molecular weight is 370 g/mol. The van der Waals surface area contributed by atoms with Gasteiger partial charge in [-0.15, -0.1) is 0 Å². The molecular weight excluding hydrogens is 348 g/mol. The third kappa shape index (κ3) is 3.44. The summed E-state index contributed by atoms with van der Waals surface area (Å²) < 4.78 is 10.5. The van der Waals surface area contributed by atoms with Crippen LogP contribution < -0.4 is 5.32 Å². The largest absolute Gasteiger partial charge is 0.383 e. The predicted molar refractivity (Wildman–Crippen MR) is 95.7 cm³/mol. The average Bonchev–Trinajstić information content (AvgIpc) is 3.18. The highest BCUT2D eigenvalue weighted by Gasteiger charge is 2.45. The van der Waals surface area contributed by atoms with Crippen LogP contribution in [0.2, 0.25) is 0 Å². The number of rotatable bonds is 5. The number of nitrogens with one attached hydrogen (secondary N) is 1. The van der Waals surface area contributed by atoms with Gasteiger partial charge in [-0.05, 0) is 19.3 Å². The Labute approximate surface area is 156 Å². The summed E-state index contributed by atoms with van der Waals surface area (Å²) in [5, 5.41) is 7.05. The van der Waals surface area contributed by atoms with E-state index in [1.165, 1.54) is 4.90 Å². The molecule has 3 unspecified atom stereocenters. The molecule has 2 aliphatic rings. The van der Waals surface area contributed by atoms with Crippen LogP contribution in [0, 0.1) is 5.92 Å². The van der Waals surface area contributed by atoms with Crippen LogP contribution in [-0.2, 0) is 9.53 Å². The lowest BCUT2D eigenvalue weighted by atomic mass is 9.76.